The number of carbonyl (C=O) groups excluding carboxylic acids is 1. The average molecular weight is 393 g/mol. The molecule has 1 atom stereocenters. The van der Waals surface area contributed by atoms with Crippen molar-refractivity contribution in [2.75, 3.05) is 23.3 Å². The highest BCUT2D eigenvalue weighted by atomic mass is 16.3. The van der Waals surface area contributed by atoms with Gasteiger partial charge in [0.2, 0.25) is 11.6 Å². The molecule has 1 amide bonds. The standard InChI is InChI=1S/C23H28N4O2/c1-5-17-9-6-8-14(2)20(17)26-22(28)18-10-7-11-27(12-18)21-19-15(3)16(4)29-23(19)25-13-24-21/h6,8-9,13,18H,5,7,10-12H2,1-4H3,(H,26,28). The van der Waals surface area contributed by atoms with Gasteiger partial charge in [-0.15, -0.1) is 0 Å². The summed E-state index contributed by atoms with van der Waals surface area (Å²) in [5.41, 5.74) is 4.92. The van der Waals surface area contributed by atoms with Crippen molar-refractivity contribution in [3.8, 4) is 0 Å². The molecule has 152 valence electrons. The van der Waals surface area contributed by atoms with Crippen molar-refractivity contribution in [3.05, 3.63) is 47.0 Å². The third-order valence-corrected chi connectivity index (χ3v) is 6.03. The highest BCUT2D eigenvalue weighted by Gasteiger charge is 2.29. The number of furan rings is 1. The van der Waals surface area contributed by atoms with Crippen LogP contribution in [0.4, 0.5) is 11.5 Å². The first-order valence-electron chi connectivity index (χ1n) is 10.3. The van der Waals surface area contributed by atoms with Gasteiger partial charge in [-0.1, -0.05) is 25.1 Å². The van der Waals surface area contributed by atoms with Crippen LogP contribution in [-0.2, 0) is 11.2 Å². The second kappa shape index (κ2) is 7.85. The molecule has 2 aromatic heterocycles. The number of nitrogens with one attached hydrogen (secondary N) is 1. The van der Waals surface area contributed by atoms with E-state index in [0.29, 0.717) is 12.3 Å². The van der Waals surface area contributed by atoms with Gasteiger partial charge >= 0.3 is 0 Å². The summed E-state index contributed by atoms with van der Waals surface area (Å²) in [4.78, 5) is 24.1. The van der Waals surface area contributed by atoms with Gasteiger partial charge in [0.1, 0.15) is 17.9 Å². The molecule has 3 aromatic rings. The monoisotopic (exact) mass is 392 g/mol. The zero-order chi connectivity index (χ0) is 20.5. The summed E-state index contributed by atoms with van der Waals surface area (Å²) >= 11 is 0. The smallest absolute Gasteiger partial charge is 0.231 e. The number of nitrogens with zero attached hydrogens (tertiary/aromatic N) is 3. The lowest BCUT2D eigenvalue weighted by molar-refractivity contribution is -0.120. The number of hydrogen-bond donors (Lipinski definition) is 1. The molecule has 6 heteroatoms. The van der Waals surface area contributed by atoms with Gasteiger partial charge in [-0.3, -0.25) is 4.79 Å². The Morgan fingerprint density at radius 3 is 2.90 bits per heavy atom. The molecule has 0 bridgehead atoms. The average Bonchev–Trinajstić information content (AvgIpc) is 3.03. The van der Waals surface area contributed by atoms with Gasteiger partial charge in [0, 0.05) is 24.3 Å². The van der Waals surface area contributed by atoms with E-state index in [1.54, 1.807) is 6.33 Å². The second-order valence-corrected chi connectivity index (χ2v) is 7.90. The molecule has 1 saturated heterocycles. The first kappa shape index (κ1) is 19.4. The van der Waals surface area contributed by atoms with Crippen molar-refractivity contribution in [1.29, 1.82) is 0 Å². The number of benzene rings is 1. The Balaban J connectivity index is 1.57. The number of carbonyl (C=O) groups is 1. The minimum absolute atomic E-state index is 0.0774. The maximum absolute atomic E-state index is 13.1. The Kier molecular flexibility index (Phi) is 5.26. The van der Waals surface area contributed by atoms with Crippen LogP contribution in [0.15, 0.2) is 28.9 Å². The van der Waals surface area contributed by atoms with Gasteiger partial charge in [-0.25, -0.2) is 9.97 Å². The van der Waals surface area contributed by atoms with Crippen LogP contribution in [0.5, 0.6) is 0 Å². The molecule has 1 aliphatic heterocycles. The highest BCUT2D eigenvalue weighted by molar-refractivity contribution is 5.95. The first-order chi connectivity index (χ1) is 14.0. The van der Waals surface area contributed by atoms with E-state index in [-0.39, 0.29) is 11.8 Å². The molecule has 1 aliphatic rings. The summed E-state index contributed by atoms with van der Waals surface area (Å²) in [6.07, 6.45) is 4.28. The van der Waals surface area contributed by atoms with E-state index in [2.05, 4.69) is 33.2 Å². The van der Waals surface area contributed by atoms with Crippen LogP contribution in [0.3, 0.4) is 0 Å². The molecule has 6 nitrogen and oxygen atoms in total. The third-order valence-electron chi connectivity index (χ3n) is 6.03. The lowest BCUT2D eigenvalue weighted by Crippen LogP contribution is -2.41. The summed E-state index contributed by atoms with van der Waals surface area (Å²) < 4.78 is 5.77. The second-order valence-electron chi connectivity index (χ2n) is 7.90. The fourth-order valence-corrected chi connectivity index (χ4v) is 4.21. The minimum atomic E-state index is -0.0774. The maximum Gasteiger partial charge on any atom is 0.231 e. The number of anilines is 2. The van der Waals surface area contributed by atoms with Gasteiger partial charge in [0.15, 0.2) is 0 Å². The number of amides is 1. The summed E-state index contributed by atoms with van der Waals surface area (Å²) in [7, 11) is 0. The van der Waals surface area contributed by atoms with Gasteiger partial charge in [0.05, 0.1) is 11.3 Å². The number of hydrogen-bond acceptors (Lipinski definition) is 5. The molecule has 29 heavy (non-hydrogen) atoms. The number of piperidine rings is 1. The molecule has 4 rings (SSSR count). The highest BCUT2D eigenvalue weighted by Crippen LogP contribution is 2.33. The van der Waals surface area contributed by atoms with Crippen LogP contribution in [0.25, 0.3) is 11.1 Å². The lowest BCUT2D eigenvalue weighted by Gasteiger charge is -2.33. The van der Waals surface area contributed by atoms with Crippen molar-refractivity contribution in [3.63, 3.8) is 0 Å². The predicted molar refractivity (Wildman–Crippen MR) is 115 cm³/mol. The van der Waals surface area contributed by atoms with Crippen molar-refractivity contribution in [1.82, 2.24) is 9.97 Å². The molecule has 3 heterocycles. The minimum Gasteiger partial charge on any atom is -0.443 e. The summed E-state index contributed by atoms with van der Waals surface area (Å²) in [6, 6.07) is 6.17. The Labute approximate surface area is 171 Å². The SMILES string of the molecule is CCc1cccc(C)c1NC(=O)C1CCCN(c2ncnc3oc(C)c(C)c23)C1. The fourth-order valence-electron chi connectivity index (χ4n) is 4.21. The normalized spacial score (nSPS) is 17.0. The van der Waals surface area contributed by atoms with E-state index in [1.807, 2.05) is 32.9 Å². The number of fused-ring (bicyclic) bond motifs is 1. The topological polar surface area (TPSA) is 71.3 Å². The Hall–Kier alpha value is -2.89. The quantitative estimate of drug-likeness (QED) is 0.704. The van der Waals surface area contributed by atoms with Gasteiger partial charge < -0.3 is 14.6 Å². The number of rotatable bonds is 4. The molecule has 1 N–H and O–H groups in total. The predicted octanol–water partition coefficient (Wildman–Crippen LogP) is 4.57. The van der Waals surface area contributed by atoms with Crippen molar-refractivity contribution < 1.29 is 9.21 Å². The van der Waals surface area contributed by atoms with Crippen LogP contribution in [0, 0.1) is 26.7 Å². The molecule has 1 aromatic carbocycles. The van der Waals surface area contributed by atoms with Crippen molar-refractivity contribution in [2.24, 2.45) is 5.92 Å². The van der Waals surface area contributed by atoms with Crippen LogP contribution in [0.2, 0.25) is 0 Å². The molecule has 0 spiro atoms. The Morgan fingerprint density at radius 2 is 2.10 bits per heavy atom. The number of aryl methyl sites for hydroxylation is 4. The van der Waals surface area contributed by atoms with E-state index >= 15 is 0 Å². The first-order valence-corrected chi connectivity index (χ1v) is 10.3. The molecular weight excluding hydrogens is 364 g/mol. The Morgan fingerprint density at radius 1 is 1.28 bits per heavy atom. The number of aromatic nitrogens is 2. The van der Waals surface area contributed by atoms with E-state index in [4.69, 9.17) is 4.42 Å². The molecule has 1 fully saturated rings. The third kappa shape index (κ3) is 3.59. The fraction of sp³-hybridized carbons (Fsp3) is 0.435. The molecule has 0 saturated carbocycles. The summed E-state index contributed by atoms with van der Waals surface area (Å²) in [5, 5.41) is 4.16. The van der Waals surface area contributed by atoms with Crippen LogP contribution in [-0.4, -0.2) is 29.0 Å². The summed E-state index contributed by atoms with van der Waals surface area (Å²) in [6.45, 7) is 9.67. The van der Waals surface area contributed by atoms with Gasteiger partial charge in [-0.2, -0.15) is 0 Å². The zero-order valence-corrected chi connectivity index (χ0v) is 17.6. The van der Waals surface area contributed by atoms with E-state index in [1.165, 1.54) is 5.56 Å². The molecular formula is C23H28N4O2. The van der Waals surface area contributed by atoms with Crippen LogP contribution >= 0.6 is 0 Å². The largest absolute Gasteiger partial charge is 0.443 e. The van der Waals surface area contributed by atoms with Crippen molar-refractivity contribution >= 4 is 28.5 Å². The van der Waals surface area contributed by atoms with Gasteiger partial charge in [0.25, 0.3) is 0 Å². The molecule has 1 unspecified atom stereocenters. The molecule has 0 radical (unpaired) electrons. The summed E-state index contributed by atoms with van der Waals surface area (Å²) in [5.74, 6) is 1.74. The van der Waals surface area contributed by atoms with Gasteiger partial charge in [-0.05, 0) is 51.2 Å². The van der Waals surface area contributed by atoms with Crippen LogP contribution in [0.1, 0.15) is 42.2 Å². The van der Waals surface area contributed by atoms with Crippen LogP contribution < -0.4 is 10.2 Å². The maximum atomic E-state index is 13.1. The Bertz CT molecular complexity index is 1060. The molecule has 0 aliphatic carbocycles. The van der Waals surface area contributed by atoms with E-state index in [9.17, 15) is 4.79 Å². The van der Waals surface area contributed by atoms with E-state index < -0.39 is 0 Å². The zero-order valence-electron chi connectivity index (χ0n) is 17.6. The van der Waals surface area contributed by atoms with E-state index in [0.717, 1.165) is 59.6 Å². The number of para-hydroxylation sites is 1. The van der Waals surface area contributed by atoms with Crippen molar-refractivity contribution in [2.45, 2.75) is 47.0 Å². The lowest BCUT2D eigenvalue weighted by atomic mass is 9.96.